The number of anilines is 1. The first-order valence-corrected chi connectivity index (χ1v) is 8.58. The van der Waals surface area contributed by atoms with E-state index in [0.29, 0.717) is 11.3 Å². The Balaban J connectivity index is 1.83. The fourth-order valence-corrected chi connectivity index (χ4v) is 3.33. The van der Waals surface area contributed by atoms with E-state index in [1.54, 1.807) is 12.1 Å². The second-order valence-corrected chi connectivity index (χ2v) is 7.80. The Morgan fingerprint density at radius 2 is 1.88 bits per heavy atom. The van der Waals surface area contributed by atoms with Gasteiger partial charge in [-0.25, -0.2) is 0 Å². The van der Waals surface area contributed by atoms with Gasteiger partial charge in [-0.1, -0.05) is 39.0 Å². The van der Waals surface area contributed by atoms with Gasteiger partial charge in [-0.15, -0.1) is 0 Å². The predicted octanol–water partition coefficient (Wildman–Crippen LogP) is 4.69. The Morgan fingerprint density at radius 1 is 1.17 bits per heavy atom. The van der Waals surface area contributed by atoms with E-state index >= 15 is 0 Å². The van der Waals surface area contributed by atoms with Crippen molar-refractivity contribution in [3.05, 3.63) is 52.8 Å². The molecule has 0 bridgehead atoms. The predicted molar refractivity (Wildman–Crippen MR) is 101 cm³/mol. The van der Waals surface area contributed by atoms with Crippen LogP contribution in [-0.4, -0.2) is 10.1 Å². The minimum atomic E-state index is 0.270. The molecule has 1 heterocycles. The van der Waals surface area contributed by atoms with Gasteiger partial charge in [0.05, 0.1) is 11.4 Å². The van der Waals surface area contributed by atoms with Crippen molar-refractivity contribution < 1.29 is 5.11 Å². The number of nitrogen functional groups attached to an aromatic ring is 1. The number of pyridine rings is 1. The number of phenols is 1. The molecule has 3 nitrogen and oxygen atoms in total. The van der Waals surface area contributed by atoms with Gasteiger partial charge in [0.1, 0.15) is 5.75 Å². The molecule has 0 fully saturated rings. The zero-order chi connectivity index (χ0) is 17.3. The maximum absolute atomic E-state index is 9.34. The molecule has 2 aromatic rings. The number of fused-ring (bicyclic) bond motifs is 1. The lowest BCUT2D eigenvalue weighted by molar-refractivity contribution is 0.215. The molecule has 3 rings (SSSR count). The lowest BCUT2D eigenvalue weighted by Crippen LogP contribution is -2.27. The summed E-state index contributed by atoms with van der Waals surface area (Å²) in [6.45, 7) is 6.94. The fraction of sp³-hybridized carbons (Fsp3) is 0.381. The largest absolute Gasteiger partial charge is 0.508 e. The van der Waals surface area contributed by atoms with Crippen LogP contribution in [0.3, 0.4) is 0 Å². The summed E-state index contributed by atoms with van der Waals surface area (Å²) in [5, 5.41) is 9.34. The van der Waals surface area contributed by atoms with Crippen LogP contribution in [0, 0.1) is 11.3 Å². The van der Waals surface area contributed by atoms with Crippen LogP contribution in [0.1, 0.15) is 49.7 Å². The highest BCUT2D eigenvalue weighted by molar-refractivity contribution is 5.74. The van der Waals surface area contributed by atoms with E-state index in [9.17, 15) is 5.11 Å². The Bertz CT molecular complexity index is 755. The summed E-state index contributed by atoms with van der Waals surface area (Å²) in [6, 6.07) is 9.20. The lowest BCUT2D eigenvalue weighted by atomic mass is 9.71. The molecule has 0 saturated carbocycles. The van der Waals surface area contributed by atoms with Gasteiger partial charge in [-0.2, -0.15) is 0 Å². The number of nitrogens with two attached hydrogens (primary N) is 1. The van der Waals surface area contributed by atoms with Crippen molar-refractivity contribution in [1.82, 2.24) is 4.98 Å². The van der Waals surface area contributed by atoms with Crippen molar-refractivity contribution in [2.24, 2.45) is 11.3 Å². The zero-order valence-electron chi connectivity index (χ0n) is 14.7. The summed E-state index contributed by atoms with van der Waals surface area (Å²) < 4.78 is 0. The summed E-state index contributed by atoms with van der Waals surface area (Å²) >= 11 is 0. The SMILES string of the molecule is CC(C)(C)C1CCc2nc(/C=C/c3ccc(O)cc3)c(N)cc2C1. The van der Waals surface area contributed by atoms with Crippen LogP contribution in [0.5, 0.6) is 5.75 Å². The quantitative estimate of drug-likeness (QED) is 0.843. The molecule has 1 aromatic heterocycles. The third-order valence-corrected chi connectivity index (χ3v) is 5.00. The average Bonchev–Trinajstić information content (AvgIpc) is 2.53. The Hall–Kier alpha value is -2.29. The number of aryl methyl sites for hydroxylation is 1. The number of aromatic hydroxyl groups is 1. The third kappa shape index (κ3) is 3.61. The average molecular weight is 322 g/mol. The van der Waals surface area contributed by atoms with Crippen LogP contribution in [-0.2, 0) is 12.8 Å². The summed E-state index contributed by atoms with van der Waals surface area (Å²) in [5.41, 5.74) is 11.6. The van der Waals surface area contributed by atoms with Crippen LogP contribution in [0.2, 0.25) is 0 Å². The lowest BCUT2D eigenvalue weighted by Gasteiger charge is -2.34. The number of aromatic nitrogens is 1. The second-order valence-electron chi connectivity index (χ2n) is 7.80. The van der Waals surface area contributed by atoms with E-state index in [1.807, 2.05) is 24.3 Å². The van der Waals surface area contributed by atoms with Crippen molar-refractivity contribution in [1.29, 1.82) is 0 Å². The summed E-state index contributed by atoms with van der Waals surface area (Å²) in [6.07, 6.45) is 7.22. The fourth-order valence-electron chi connectivity index (χ4n) is 3.33. The molecule has 0 aliphatic heterocycles. The molecule has 1 aliphatic carbocycles. The molecule has 24 heavy (non-hydrogen) atoms. The number of nitrogens with zero attached hydrogens (tertiary/aromatic N) is 1. The Labute approximate surface area is 144 Å². The normalized spacial score (nSPS) is 17.9. The number of phenolic OH excluding ortho intramolecular Hbond substituents is 1. The molecule has 0 spiro atoms. The van der Waals surface area contributed by atoms with Gasteiger partial charge < -0.3 is 10.8 Å². The minimum absolute atomic E-state index is 0.270. The second kappa shape index (κ2) is 6.31. The highest BCUT2D eigenvalue weighted by Crippen LogP contribution is 2.37. The molecule has 0 saturated heterocycles. The van der Waals surface area contributed by atoms with Gasteiger partial charge in [0.15, 0.2) is 0 Å². The first-order valence-electron chi connectivity index (χ1n) is 8.58. The minimum Gasteiger partial charge on any atom is -0.508 e. The standard InChI is InChI=1S/C21H26N2O/c1-21(2,3)16-7-11-19-15(12-16)13-18(22)20(23-19)10-6-14-4-8-17(24)9-5-14/h4-6,8-10,13,16,24H,7,11-12,22H2,1-3H3/b10-6+. The van der Waals surface area contributed by atoms with Crippen molar-refractivity contribution in [2.45, 2.75) is 40.0 Å². The van der Waals surface area contributed by atoms with Gasteiger partial charge in [-0.3, -0.25) is 4.98 Å². The Kier molecular flexibility index (Phi) is 4.35. The molecular formula is C21H26N2O. The maximum Gasteiger partial charge on any atom is 0.115 e. The monoisotopic (exact) mass is 322 g/mol. The van der Waals surface area contributed by atoms with Gasteiger partial charge in [0.2, 0.25) is 0 Å². The van der Waals surface area contributed by atoms with Crippen LogP contribution < -0.4 is 5.73 Å². The van der Waals surface area contributed by atoms with Crippen LogP contribution in [0.4, 0.5) is 5.69 Å². The van der Waals surface area contributed by atoms with Crippen LogP contribution >= 0.6 is 0 Å². The number of rotatable bonds is 2. The van der Waals surface area contributed by atoms with Gasteiger partial charge in [0.25, 0.3) is 0 Å². The van der Waals surface area contributed by atoms with Gasteiger partial charge in [-0.05, 0) is 66.0 Å². The summed E-state index contributed by atoms with van der Waals surface area (Å²) in [5.74, 6) is 0.955. The first-order chi connectivity index (χ1) is 11.3. The molecule has 0 radical (unpaired) electrons. The third-order valence-electron chi connectivity index (χ3n) is 5.00. The van der Waals surface area contributed by atoms with E-state index in [1.165, 1.54) is 17.7 Å². The molecule has 1 aliphatic rings. The van der Waals surface area contributed by atoms with Crippen molar-refractivity contribution >= 4 is 17.8 Å². The van der Waals surface area contributed by atoms with E-state index in [4.69, 9.17) is 10.7 Å². The summed E-state index contributed by atoms with van der Waals surface area (Å²) in [7, 11) is 0. The molecule has 1 unspecified atom stereocenters. The van der Waals surface area contributed by atoms with Crippen molar-refractivity contribution in [3.63, 3.8) is 0 Å². The van der Waals surface area contributed by atoms with Crippen LogP contribution in [0.25, 0.3) is 12.2 Å². The number of hydrogen-bond acceptors (Lipinski definition) is 3. The number of benzene rings is 1. The molecule has 126 valence electrons. The molecule has 0 amide bonds. The van der Waals surface area contributed by atoms with E-state index < -0.39 is 0 Å². The van der Waals surface area contributed by atoms with Crippen LogP contribution in [0.15, 0.2) is 30.3 Å². The maximum atomic E-state index is 9.34. The molecule has 3 N–H and O–H groups in total. The Morgan fingerprint density at radius 3 is 2.54 bits per heavy atom. The molecule has 1 atom stereocenters. The highest BCUT2D eigenvalue weighted by atomic mass is 16.3. The van der Waals surface area contributed by atoms with E-state index in [2.05, 4.69) is 26.8 Å². The first kappa shape index (κ1) is 16.6. The van der Waals surface area contributed by atoms with Gasteiger partial charge in [0, 0.05) is 5.69 Å². The summed E-state index contributed by atoms with van der Waals surface area (Å²) in [4.78, 5) is 4.80. The topological polar surface area (TPSA) is 59.1 Å². The molecular weight excluding hydrogens is 296 g/mol. The molecule has 3 heteroatoms. The van der Waals surface area contributed by atoms with Gasteiger partial charge >= 0.3 is 0 Å². The highest BCUT2D eigenvalue weighted by Gasteiger charge is 2.29. The zero-order valence-corrected chi connectivity index (χ0v) is 14.7. The van der Waals surface area contributed by atoms with Crippen molar-refractivity contribution in [3.8, 4) is 5.75 Å². The molecule has 1 aromatic carbocycles. The van der Waals surface area contributed by atoms with E-state index in [-0.39, 0.29) is 5.75 Å². The van der Waals surface area contributed by atoms with E-state index in [0.717, 1.165) is 29.8 Å². The number of hydrogen-bond donors (Lipinski definition) is 2. The smallest absolute Gasteiger partial charge is 0.115 e. The van der Waals surface area contributed by atoms with Crippen molar-refractivity contribution in [2.75, 3.05) is 5.73 Å².